The third kappa shape index (κ3) is 3.58. The van der Waals surface area contributed by atoms with Crippen molar-refractivity contribution >= 4 is 21.6 Å². The molecule has 0 amide bonds. The summed E-state index contributed by atoms with van der Waals surface area (Å²) in [4.78, 5) is 0. The molecule has 2 aromatic carbocycles. The summed E-state index contributed by atoms with van der Waals surface area (Å²) in [6.45, 7) is 3.89. The maximum absolute atomic E-state index is 9.78. The van der Waals surface area contributed by atoms with Gasteiger partial charge in [0, 0.05) is 21.8 Å². The van der Waals surface area contributed by atoms with Gasteiger partial charge in [0.25, 0.3) is 0 Å². The van der Waals surface area contributed by atoms with Gasteiger partial charge in [0.1, 0.15) is 0 Å². The Labute approximate surface area is 122 Å². The van der Waals surface area contributed by atoms with Crippen LogP contribution in [-0.4, -0.2) is 5.11 Å². The van der Waals surface area contributed by atoms with Gasteiger partial charge >= 0.3 is 0 Å². The molecule has 2 atom stereocenters. The Morgan fingerprint density at radius 3 is 2.47 bits per heavy atom. The van der Waals surface area contributed by atoms with Crippen LogP contribution in [0.15, 0.2) is 53.0 Å². The number of hydrogen-bond acceptors (Lipinski definition) is 2. The first-order chi connectivity index (χ1) is 9.08. The molecule has 3 heteroatoms. The number of rotatable bonds is 4. The molecule has 0 fully saturated rings. The highest BCUT2D eigenvalue weighted by Crippen LogP contribution is 2.27. The molecule has 0 saturated carbocycles. The van der Waals surface area contributed by atoms with E-state index < -0.39 is 6.10 Å². The van der Waals surface area contributed by atoms with Gasteiger partial charge < -0.3 is 10.4 Å². The molecule has 0 heterocycles. The van der Waals surface area contributed by atoms with E-state index in [2.05, 4.69) is 40.3 Å². The van der Waals surface area contributed by atoms with Gasteiger partial charge in [-0.15, -0.1) is 0 Å². The Balaban J connectivity index is 2.22. The van der Waals surface area contributed by atoms with Gasteiger partial charge in [0.15, 0.2) is 0 Å². The largest absolute Gasteiger partial charge is 0.389 e. The number of nitrogens with one attached hydrogen (secondary N) is 1. The average molecular weight is 320 g/mol. The van der Waals surface area contributed by atoms with Crippen molar-refractivity contribution in [3.8, 4) is 0 Å². The first-order valence-electron chi connectivity index (χ1n) is 6.37. The Bertz CT molecular complexity index is 554. The van der Waals surface area contributed by atoms with E-state index in [0.29, 0.717) is 0 Å². The van der Waals surface area contributed by atoms with Crippen LogP contribution < -0.4 is 5.32 Å². The molecule has 19 heavy (non-hydrogen) atoms. The first kappa shape index (κ1) is 14.1. The van der Waals surface area contributed by atoms with E-state index in [4.69, 9.17) is 0 Å². The summed E-state index contributed by atoms with van der Waals surface area (Å²) in [6, 6.07) is 16.3. The van der Waals surface area contributed by atoms with Crippen molar-refractivity contribution in [3.05, 3.63) is 64.1 Å². The van der Waals surface area contributed by atoms with Crippen molar-refractivity contribution in [1.82, 2.24) is 0 Å². The molecule has 0 bridgehead atoms. The second-order valence-electron chi connectivity index (χ2n) is 4.68. The first-order valence-corrected chi connectivity index (χ1v) is 7.16. The third-order valence-corrected chi connectivity index (χ3v) is 3.62. The van der Waals surface area contributed by atoms with E-state index in [9.17, 15) is 5.11 Å². The molecule has 0 spiro atoms. The number of hydrogen-bond donors (Lipinski definition) is 2. The molecule has 0 aliphatic heterocycles. The number of aliphatic hydroxyl groups is 1. The lowest BCUT2D eigenvalue weighted by molar-refractivity contribution is 0.200. The molecule has 0 aromatic heterocycles. The maximum Gasteiger partial charge on any atom is 0.0781 e. The standard InChI is InChI=1S/C16H18BrNO/c1-11(13-6-5-7-14(17)10-13)18-16-9-4-3-8-15(16)12(2)19/h3-12,18-19H,1-2H3. The minimum Gasteiger partial charge on any atom is -0.389 e. The molecular formula is C16H18BrNO. The average Bonchev–Trinajstić information content (AvgIpc) is 2.39. The predicted molar refractivity (Wildman–Crippen MR) is 83.3 cm³/mol. The minimum absolute atomic E-state index is 0.178. The lowest BCUT2D eigenvalue weighted by atomic mass is 10.1. The summed E-state index contributed by atoms with van der Waals surface area (Å²) in [7, 11) is 0. The fourth-order valence-electron chi connectivity index (χ4n) is 2.09. The molecule has 2 aromatic rings. The molecule has 100 valence electrons. The van der Waals surface area contributed by atoms with Crippen LogP contribution in [0.5, 0.6) is 0 Å². The van der Waals surface area contributed by atoms with Crippen molar-refractivity contribution < 1.29 is 5.11 Å². The molecule has 0 saturated heterocycles. The summed E-state index contributed by atoms with van der Waals surface area (Å²) in [5.74, 6) is 0. The van der Waals surface area contributed by atoms with Crippen LogP contribution in [0.3, 0.4) is 0 Å². The Hall–Kier alpha value is -1.32. The molecule has 0 radical (unpaired) electrons. The van der Waals surface area contributed by atoms with Crippen LogP contribution in [0.25, 0.3) is 0 Å². The zero-order valence-electron chi connectivity index (χ0n) is 11.1. The van der Waals surface area contributed by atoms with Crippen molar-refractivity contribution in [2.24, 2.45) is 0 Å². The van der Waals surface area contributed by atoms with Crippen LogP contribution in [0, 0.1) is 0 Å². The number of anilines is 1. The van der Waals surface area contributed by atoms with Gasteiger partial charge in [-0.2, -0.15) is 0 Å². The topological polar surface area (TPSA) is 32.3 Å². The Kier molecular flexibility index (Phi) is 4.61. The number of para-hydroxylation sites is 1. The fourth-order valence-corrected chi connectivity index (χ4v) is 2.50. The van der Waals surface area contributed by atoms with Gasteiger partial charge in [0.05, 0.1) is 6.10 Å². The highest BCUT2D eigenvalue weighted by Gasteiger charge is 2.11. The third-order valence-electron chi connectivity index (χ3n) is 3.13. The molecule has 0 aliphatic rings. The quantitative estimate of drug-likeness (QED) is 0.857. The van der Waals surface area contributed by atoms with Gasteiger partial charge in [0.2, 0.25) is 0 Å². The molecular weight excluding hydrogens is 302 g/mol. The highest BCUT2D eigenvalue weighted by molar-refractivity contribution is 9.10. The van der Waals surface area contributed by atoms with Crippen molar-refractivity contribution in [2.75, 3.05) is 5.32 Å². The molecule has 2 unspecified atom stereocenters. The lowest BCUT2D eigenvalue weighted by Crippen LogP contribution is -2.09. The van der Waals surface area contributed by atoms with Crippen LogP contribution in [0.1, 0.15) is 37.1 Å². The van der Waals surface area contributed by atoms with E-state index in [-0.39, 0.29) is 6.04 Å². The lowest BCUT2D eigenvalue weighted by Gasteiger charge is -2.19. The van der Waals surface area contributed by atoms with E-state index in [0.717, 1.165) is 15.7 Å². The second-order valence-corrected chi connectivity index (χ2v) is 5.60. The maximum atomic E-state index is 9.78. The number of aliphatic hydroxyl groups excluding tert-OH is 1. The van der Waals surface area contributed by atoms with Gasteiger partial charge in [-0.25, -0.2) is 0 Å². The second kappa shape index (κ2) is 6.22. The molecule has 2 rings (SSSR count). The van der Waals surface area contributed by atoms with E-state index >= 15 is 0 Å². The minimum atomic E-state index is -0.474. The van der Waals surface area contributed by atoms with Crippen LogP contribution >= 0.6 is 15.9 Å². The van der Waals surface area contributed by atoms with Crippen LogP contribution in [0.2, 0.25) is 0 Å². The van der Waals surface area contributed by atoms with E-state index in [1.54, 1.807) is 6.92 Å². The smallest absolute Gasteiger partial charge is 0.0781 e. The van der Waals surface area contributed by atoms with E-state index in [1.807, 2.05) is 36.4 Å². The SMILES string of the molecule is CC(O)c1ccccc1NC(C)c1cccc(Br)c1. The van der Waals surface area contributed by atoms with Crippen LogP contribution in [0.4, 0.5) is 5.69 Å². The number of benzene rings is 2. The monoisotopic (exact) mass is 319 g/mol. The number of halogens is 1. The van der Waals surface area contributed by atoms with Crippen LogP contribution in [-0.2, 0) is 0 Å². The fraction of sp³-hybridized carbons (Fsp3) is 0.250. The zero-order valence-corrected chi connectivity index (χ0v) is 12.7. The molecule has 2 N–H and O–H groups in total. The highest BCUT2D eigenvalue weighted by atomic mass is 79.9. The molecule has 2 nitrogen and oxygen atoms in total. The summed E-state index contributed by atoms with van der Waals surface area (Å²) in [5, 5.41) is 13.2. The summed E-state index contributed by atoms with van der Waals surface area (Å²) < 4.78 is 1.07. The van der Waals surface area contributed by atoms with E-state index in [1.165, 1.54) is 5.56 Å². The Morgan fingerprint density at radius 1 is 1.05 bits per heavy atom. The summed E-state index contributed by atoms with van der Waals surface area (Å²) in [6.07, 6.45) is -0.474. The van der Waals surface area contributed by atoms with Crippen molar-refractivity contribution in [1.29, 1.82) is 0 Å². The van der Waals surface area contributed by atoms with Crippen molar-refractivity contribution in [2.45, 2.75) is 26.0 Å². The predicted octanol–water partition coefficient (Wildman–Crippen LogP) is 4.68. The zero-order chi connectivity index (χ0) is 13.8. The summed E-state index contributed by atoms with van der Waals surface area (Å²) >= 11 is 3.49. The summed E-state index contributed by atoms with van der Waals surface area (Å²) in [5.41, 5.74) is 3.10. The van der Waals surface area contributed by atoms with Gasteiger partial charge in [-0.1, -0.05) is 46.3 Å². The van der Waals surface area contributed by atoms with Gasteiger partial charge in [-0.3, -0.25) is 0 Å². The molecule has 0 aliphatic carbocycles. The normalized spacial score (nSPS) is 13.9. The Morgan fingerprint density at radius 2 is 1.79 bits per heavy atom. The van der Waals surface area contributed by atoms with Crippen molar-refractivity contribution in [3.63, 3.8) is 0 Å². The van der Waals surface area contributed by atoms with Gasteiger partial charge in [-0.05, 0) is 37.6 Å².